The Labute approximate surface area is 99.8 Å². The summed E-state index contributed by atoms with van der Waals surface area (Å²) in [5, 5.41) is -0.683. The van der Waals surface area contributed by atoms with Crippen LogP contribution in [0.15, 0.2) is 6.20 Å². The van der Waals surface area contributed by atoms with E-state index in [4.69, 9.17) is 11.6 Å². The molecule has 1 aromatic heterocycles. The van der Waals surface area contributed by atoms with Crippen LogP contribution >= 0.6 is 34.2 Å². The minimum Gasteiger partial charge on any atom is -0.248 e. The quantitative estimate of drug-likeness (QED) is 0.415. The van der Waals surface area contributed by atoms with Gasteiger partial charge in [0.2, 0.25) is 0 Å². The van der Waals surface area contributed by atoms with Crippen molar-refractivity contribution in [1.82, 2.24) is 4.98 Å². The van der Waals surface area contributed by atoms with Gasteiger partial charge in [-0.05, 0) is 22.6 Å². The van der Waals surface area contributed by atoms with Gasteiger partial charge in [-0.15, -0.1) is 0 Å². The Morgan fingerprint density at radius 2 is 1.87 bits per heavy atom. The molecule has 15 heavy (non-hydrogen) atoms. The van der Waals surface area contributed by atoms with Gasteiger partial charge in [0.25, 0.3) is 6.43 Å². The van der Waals surface area contributed by atoms with Crippen molar-refractivity contribution >= 4 is 34.2 Å². The highest BCUT2D eigenvalue weighted by Crippen LogP contribution is 2.41. The molecule has 0 radical (unpaired) electrons. The number of pyridine rings is 1. The van der Waals surface area contributed by atoms with Gasteiger partial charge in [0, 0.05) is 6.20 Å². The number of rotatable bonds is 1. The second kappa shape index (κ2) is 4.36. The highest BCUT2D eigenvalue weighted by molar-refractivity contribution is 14.1. The summed E-state index contributed by atoms with van der Waals surface area (Å²) in [6.07, 6.45) is -7.40. The average molecular weight is 357 g/mol. The molecule has 0 saturated carbocycles. The third-order valence-electron chi connectivity index (χ3n) is 1.53. The van der Waals surface area contributed by atoms with E-state index in [0.29, 0.717) is 0 Å². The summed E-state index contributed by atoms with van der Waals surface area (Å²) in [7, 11) is 0. The molecule has 0 spiro atoms. The molecule has 0 saturated heterocycles. The van der Waals surface area contributed by atoms with Crippen LogP contribution in [0.2, 0.25) is 5.02 Å². The third kappa shape index (κ3) is 2.68. The molecule has 0 aliphatic carbocycles. The topological polar surface area (TPSA) is 12.9 Å². The van der Waals surface area contributed by atoms with E-state index in [0.717, 1.165) is 6.20 Å². The molecule has 0 N–H and O–H groups in total. The average Bonchev–Trinajstić information content (AvgIpc) is 2.05. The van der Waals surface area contributed by atoms with Crippen molar-refractivity contribution in [2.24, 2.45) is 0 Å². The van der Waals surface area contributed by atoms with E-state index in [1.165, 1.54) is 22.6 Å². The van der Waals surface area contributed by atoms with Gasteiger partial charge in [-0.3, -0.25) is 0 Å². The van der Waals surface area contributed by atoms with Gasteiger partial charge < -0.3 is 0 Å². The molecule has 0 fully saturated rings. The summed E-state index contributed by atoms with van der Waals surface area (Å²) in [5.41, 5.74) is -2.69. The van der Waals surface area contributed by atoms with Crippen molar-refractivity contribution in [3.05, 3.63) is 26.0 Å². The van der Waals surface area contributed by atoms with Crippen molar-refractivity contribution in [3.8, 4) is 0 Å². The molecule has 1 heterocycles. The molecule has 84 valence electrons. The van der Waals surface area contributed by atoms with Crippen LogP contribution in [-0.2, 0) is 6.18 Å². The Morgan fingerprint density at radius 1 is 1.33 bits per heavy atom. The third-order valence-corrected chi connectivity index (χ3v) is 2.64. The van der Waals surface area contributed by atoms with Crippen LogP contribution in [0.5, 0.6) is 0 Å². The van der Waals surface area contributed by atoms with Gasteiger partial charge in [-0.1, -0.05) is 11.6 Å². The Morgan fingerprint density at radius 3 is 2.20 bits per heavy atom. The highest BCUT2D eigenvalue weighted by atomic mass is 127. The Hall–Kier alpha value is -0.180. The normalized spacial score (nSPS) is 12.3. The SMILES string of the molecule is FC(F)c1c(Cl)cnc(I)c1C(F)(F)F. The maximum atomic E-state index is 12.4. The maximum absolute atomic E-state index is 12.4. The van der Waals surface area contributed by atoms with Crippen molar-refractivity contribution in [2.75, 3.05) is 0 Å². The van der Waals surface area contributed by atoms with Crippen molar-refractivity contribution in [2.45, 2.75) is 12.6 Å². The molecular weight excluding hydrogens is 355 g/mol. The summed E-state index contributed by atoms with van der Waals surface area (Å²) in [5.74, 6) is 0. The molecule has 0 bridgehead atoms. The monoisotopic (exact) mass is 357 g/mol. The Balaban J connectivity index is 3.53. The Bertz CT molecular complexity index is 378. The van der Waals surface area contributed by atoms with Gasteiger partial charge in [0.1, 0.15) is 3.70 Å². The molecule has 0 atom stereocenters. The molecule has 1 rings (SSSR count). The number of nitrogens with zero attached hydrogens (tertiary/aromatic N) is 1. The van der Waals surface area contributed by atoms with Crippen molar-refractivity contribution in [1.29, 1.82) is 0 Å². The van der Waals surface area contributed by atoms with Crippen LogP contribution in [0.3, 0.4) is 0 Å². The largest absolute Gasteiger partial charge is 0.419 e. The summed E-state index contributed by atoms with van der Waals surface area (Å²) in [4.78, 5) is 3.29. The smallest absolute Gasteiger partial charge is 0.248 e. The number of alkyl halides is 5. The van der Waals surface area contributed by atoms with E-state index < -0.39 is 32.5 Å². The lowest BCUT2D eigenvalue weighted by molar-refractivity contribution is -0.140. The number of aromatic nitrogens is 1. The summed E-state index contributed by atoms with van der Waals surface area (Å²) < 4.78 is 61.5. The first kappa shape index (κ1) is 12.9. The van der Waals surface area contributed by atoms with Crippen LogP contribution in [-0.4, -0.2) is 4.98 Å². The zero-order chi connectivity index (χ0) is 11.8. The van der Waals surface area contributed by atoms with E-state index in [1.54, 1.807) is 0 Å². The first-order chi connectivity index (χ1) is 6.75. The summed E-state index contributed by atoms with van der Waals surface area (Å²) >= 11 is 6.49. The molecule has 1 aromatic rings. The highest BCUT2D eigenvalue weighted by Gasteiger charge is 2.39. The fourth-order valence-electron chi connectivity index (χ4n) is 0.961. The number of halogens is 7. The van der Waals surface area contributed by atoms with Gasteiger partial charge in [0.15, 0.2) is 0 Å². The fraction of sp³-hybridized carbons (Fsp3) is 0.286. The van der Waals surface area contributed by atoms with Gasteiger partial charge in [-0.2, -0.15) is 13.2 Å². The minimum absolute atomic E-state index is 0.542. The molecule has 0 aliphatic heterocycles. The van der Waals surface area contributed by atoms with E-state index in [-0.39, 0.29) is 0 Å². The van der Waals surface area contributed by atoms with Crippen LogP contribution in [0.4, 0.5) is 22.0 Å². The molecule has 1 nitrogen and oxygen atoms in total. The van der Waals surface area contributed by atoms with Crippen molar-refractivity contribution in [3.63, 3.8) is 0 Å². The second-order valence-electron chi connectivity index (χ2n) is 2.48. The van der Waals surface area contributed by atoms with E-state index >= 15 is 0 Å². The number of hydrogen-bond donors (Lipinski definition) is 0. The van der Waals surface area contributed by atoms with Crippen LogP contribution < -0.4 is 0 Å². The Kier molecular flexibility index (Phi) is 3.75. The minimum atomic E-state index is -4.89. The predicted molar refractivity (Wildman–Crippen MR) is 51.9 cm³/mol. The standard InChI is InChI=1S/C7H2ClF5IN/c8-2-1-15-6(14)4(7(11,12)13)3(2)5(9)10/h1,5H. The number of hydrogen-bond acceptors (Lipinski definition) is 1. The van der Waals surface area contributed by atoms with E-state index in [9.17, 15) is 22.0 Å². The van der Waals surface area contributed by atoms with E-state index in [1.807, 2.05) is 0 Å². The zero-order valence-corrected chi connectivity index (χ0v) is 9.66. The molecule has 0 unspecified atom stereocenters. The predicted octanol–water partition coefficient (Wildman–Crippen LogP) is 4.30. The molecule has 0 aliphatic rings. The second-order valence-corrected chi connectivity index (χ2v) is 3.91. The molecule has 0 amide bonds. The van der Waals surface area contributed by atoms with Gasteiger partial charge in [0.05, 0.1) is 16.1 Å². The zero-order valence-electron chi connectivity index (χ0n) is 6.75. The van der Waals surface area contributed by atoms with Crippen molar-refractivity contribution < 1.29 is 22.0 Å². The molecule has 8 heteroatoms. The maximum Gasteiger partial charge on any atom is 0.419 e. The van der Waals surface area contributed by atoms with Gasteiger partial charge >= 0.3 is 6.18 Å². The summed E-state index contributed by atoms with van der Waals surface area (Å²) in [6.45, 7) is 0. The fourth-order valence-corrected chi connectivity index (χ4v) is 1.92. The van der Waals surface area contributed by atoms with E-state index in [2.05, 4.69) is 4.98 Å². The van der Waals surface area contributed by atoms with Gasteiger partial charge in [-0.25, -0.2) is 13.8 Å². The lowest BCUT2D eigenvalue weighted by atomic mass is 10.1. The van der Waals surface area contributed by atoms with Crippen LogP contribution in [0.25, 0.3) is 0 Å². The molecular formula is C7H2ClF5IN. The molecule has 0 aromatic carbocycles. The van der Waals surface area contributed by atoms with Crippen LogP contribution in [0.1, 0.15) is 17.6 Å². The summed E-state index contributed by atoms with van der Waals surface area (Å²) in [6, 6.07) is 0. The lowest BCUT2D eigenvalue weighted by Gasteiger charge is -2.14. The van der Waals surface area contributed by atoms with Crippen LogP contribution in [0, 0.1) is 3.70 Å². The first-order valence-electron chi connectivity index (χ1n) is 3.44. The first-order valence-corrected chi connectivity index (χ1v) is 4.90. The lowest BCUT2D eigenvalue weighted by Crippen LogP contribution is -2.13.